The average molecular weight is 433 g/mol. The first-order chi connectivity index (χ1) is 14.1. The highest BCUT2D eigenvalue weighted by atomic mass is 32.2. The van der Waals surface area contributed by atoms with E-state index in [1.165, 1.54) is 69.0 Å². The maximum absolute atomic E-state index is 15.1. The second-order valence-electron chi connectivity index (χ2n) is 6.75. The molecule has 0 aliphatic carbocycles. The zero-order chi connectivity index (χ0) is 22.1. The van der Waals surface area contributed by atoms with Crippen molar-refractivity contribution >= 4 is 16.1 Å². The van der Waals surface area contributed by atoms with Crippen LogP contribution in [-0.4, -0.2) is 45.6 Å². The van der Waals surface area contributed by atoms with Crippen LogP contribution in [0.2, 0.25) is 0 Å². The fourth-order valence-electron chi connectivity index (χ4n) is 3.00. The summed E-state index contributed by atoms with van der Waals surface area (Å²) in [6.07, 6.45) is 1.56. The molecule has 0 fully saturated rings. The molecule has 0 saturated carbocycles. The minimum absolute atomic E-state index is 0.00708. The number of aliphatic hydroxyl groups excluding tert-OH is 1. The minimum Gasteiger partial charge on any atom is -0.465 e. The van der Waals surface area contributed by atoms with Crippen molar-refractivity contribution in [1.29, 1.82) is 0 Å². The van der Waals surface area contributed by atoms with E-state index >= 15 is 4.39 Å². The van der Waals surface area contributed by atoms with E-state index in [1.54, 1.807) is 0 Å². The molecule has 0 radical (unpaired) electrons. The number of pyridine rings is 1. The third-order valence-electron chi connectivity index (χ3n) is 4.53. The molecule has 8 nitrogen and oxygen atoms in total. The van der Waals surface area contributed by atoms with Gasteiger partial charge in [-0.25, -0.2) is 21.6 Å². The zero-order valence-corrected chi connectivity index (χ0v) is 17.0. The summed E-state index contributed by atoms with van der Waals surface area (Å²) >= 11 is 0. The molecule has 30 heavy (non-hydrogen) atoms. The lowest BCUT2D eigenvalue weighted by Gasteiger charge is -2.13. The summed E-state index contributed by atoms with van der Waals surface area (Å²) in [6, 6.07) is 8.55. The smallest absolute Gasteiger partial charge is 0.407 e. The summed E-state index contributed by atoms with van der Waals surface area (Å²) in [7, 11) is -2.81. The van der Waals surface area contributed by atoms with E-state index in [9.17, 15) is 18.3 Å². The lowest BCUT2D eigenvalue weighted by Crippen LogP contribution is -2.23. The monoisotopic (exact) mass is 433 g/mol. The molecule has 2 heterocycles. The third-order valence-corrected chi connectivity index (χ3v) is 6.19. The topological polar surface area (TPSA) is 113 Å². The third kappa shape index (κ3) is 4.05. The Labute approximate surface area is 172 Å². The summed E-state index contributed by atoms with van der Waals surface area (Å²) in [6.45, 7) is 1.30. The summed E-state index contributed by atoms with van der Waals surface area (Å²) in [5, 5.41) is 18.9. The summed E-state index contributed by atoms with van der Waals surface area (Å²) < 4.78 is 42.4. The van der Waals surface area contributed by atoms with Crippen LogP contribution in [-0.2, 0) is 16.6 Å². The molecule has 2 aromatic heterocycles. The standard InChI is InChI=1S/C20H20FN3O5S/c1-13(25)16-6-3-7-17(19(16)21)18-9-14(11-23(2)20(26)27)12-24(18)30(28,29)15-5-4-8-22-10-15/h3-10,12-13,25H,11H2,1-2H3,(H,26,27). The Morgan fingerprint density at radius 3 is 2.63 bits per heavy atom. The lowest BCUT2D eigenvalue weighted by molar-refractivity contribution is 0.154. The van der Waals surface area contributed by atoms with Gasteiger partial charge >= 0.3 is 6.09 Å². The van der Waals surface area contributed by atoms with Gasteiger partial charge < -0.3 is 15.1 Å². The van der Waals surface area contributed by atoms with Crippen LogP contribution in [0.15, 0.2) is 59.9 Å². The van der Waals surface area contributed by atoms with E-state index in [2.05, 4.69) is 4.98 Å². The fraction of sp³-hybridized carbons (Fsp3) is 0.200. The second kappa shape index (κ2) is 8.25. The van der Waals surface area contributed by atoms with Gasteiger partial charge in [0.15, 0.2) is 0 Å². The average Bonchev–Trinajstić information content (AvgIpc) is 3.12. The molecule has 3 rings (SSSR count). The molecular weight excluding hydrogens is 413 g/mol. The van der Waals surface area contributed by atoms with Gasteiger partial charge in [-0.15, -0.1) is 0 Å². The van der Waals surface area contributed by atoms with Gasteiger partial charge in [0.2, 0.25) is 0 Å². The molecule has 10 heteroatoms. The number of aromatic nitrogens is 2. The van der Waals surface area contributed by atoms with Gasteiger partial charge in [-0.05, 0) is 36.8 Å². The summed E-state index contributed by atoms with van der Waals surface area (Å²) in [4.78, 5) is 15.9. The van der Waals surface area contributed by atoms with Gasteiger partial charge in [-0.3, -0.25) is 4.98 Å². The molecule has 0 spiro atoms. The van der Waals surface area contributed by atoms with Crippen molar-refractivity contribution in [2.24, 2.45) is 0 Å². The molecule has 1 unspecified atom stereocenters. The van der Waals surface area contributed by atoms with E-state index in [-0.39, 0.29) is 28.3 Å². The van der Waals surface area contributed by atoms with Gasteiger partial charge in [0.05, 0.1) is 18.3 Å². The van der Waals surface area contributed by atoms with E-state index in [1.807, 2.05) is 0 Å². The van der Waals surface area contributed by atoms with Crippen molar-refractivity contribution in [2.75, 3.05) is 7.05 Å². The first kappa shape index (κ1) is 21.5. The first-order valence-corrected chi connectivity index (χ1v) is 10.3. The van der Waals surface area contributed by atoms with E-state index in [0.29, 0.717) is 5.56 Å². The predicted octanol–water partition coefficient (Wildman–Crippen LogP) is 3.09. The quantitative estimate of drug-likeness (QED) is 0.618. The van der Waals surface area contributed by atoms with Crippen LogP contribution in [0.25, 0.3) is 11.3 Å². The van der Waals surface area contributed by atoms with Gasteiger partial charge in [0.1, 0.15) is 10.7 Å². The molecule has 158 valence electrons. The number of nitrogens with zero attached hydrogens (tertiary/aromatic N) is 3. The zero-order valence-electron chi connectivity index (χ0n) is 16.2. The normalized spacial score (nSPS) is 12.5. The Hall–Kier alpha value is -3.24. The molecule has 1 amide bonds. The Morgan fingerprint density at radius 2 is 2.03 bits per heavy atom. The number of rotatable bonds is 6. The van der Waals surface area contributed by atoms with Crippen LogP contribution >= 0.6 is 0 Å². The molecular formula is C20H20FN3O5S. The first-order valence-electron chi connectivity index (χ1n) is 8.90. The molecule has 0 aliphatic heterocycles. The highest BCUT2D eigenvalue weighted by Gasteiger charge is 2.25. The highest BCUT2D eigenvalue weighted by molar-refractivity contribution is 7.90. The Balaban J connectivity index is 2.23. The minimum atomic E-state index is -4.14. The van der Waals surface area contributed by atoms with Crippen molar-refractivity contribution in [3.63, 3.8) is 0 Å². The van der Waals surface area contributed by atoms with Crippen LogP contribution in [0, 0.1) is 5.82 Å². The van der Waals surface area contributed by atoms with Crippen molar-refractivity contribution in [3.8, 4) is 11.3 Å². The number of amides is 1. The fourth-order valence-corrected chi connectivity index (χ4v) is 4.36. The van der Waals surface area contributed by atoms with Crippen molar-refractivity contribution in [3.05, 3.63) is 71.9 Å². The second-order valence-corrected chi connectivity index (χ2v) is 8.56. The SMILES string of the molecule is CC(O)c1cccc(-c2cc(CN(C)C(=O)O)cn2S(=O)(=O)c2cccnc2)c1F. The Kier molecular flexibility index (Phi) is 5.90. The number of halogens is 1. The number of aliphatic hydroxyl groups is 1. The van der Waals surface area contributed by atoms with Crippen LogP contribution in [0.4, 0.5) is 9.18 Å². The van der Waals surface area contributed by atoms with Gasteiger partial charge in [-0.2, -0.15) is 0 Å². The molecule has 1 aromatic carbocycles. The van der Waals surface area contributed by atoms with Gasteiger partial charge in [0, 0.05) is 36.8 Å². The highest BCUT2D eigenvalue weighted by Crippen LogP contribution is 2.32. The predicted molar refractivity (Wildman–Crippen MR) is 107 cm³/mol. The van der Waals surface area contributed by atoms with Crippen molar-refractivity contribution in [1.82, 2.24) is 13.9 Å². The van der Waals surface area contributed by atoms with Crippen LogP contribution in [0.1, 0.15) is 24.2 Å². The number of carbonyl (C=O) groups is 1. The summed E-state index contributed by atoms with van der Waals surface area (Å²) in [5.41, 5.74) is 0.338. The van der Waals surface area contributed by atoms with E-state index in [0.717, 1.165) is 8.87 Å². The Bertz CT molecular complexity index is 1180. The van der Waals surface area contributed by atoms with Gasteiger partial charge in [-0.1, -0.05) is 12.1 Å². The Morgan fingerprint density at radius 1 is 1.30 bits per heavy atom. The summed E-state index contributed by atoms with van der Waals surface area (Å²) in [5.74, 6) is -0.758. The maximum Gasteiger partial charge on any atom is 0.407 e. The lowest BCUT2D eigenvalue weighted by atomic mass is 10.0. The molecule has 2 N–H and O–H groups in total. The molecule has 0 aliphatic rings. The van der Waals surface area contributed by atoms with Crippen molar-refractivity contribution < 1.29 is 27.8 Å². The van der Waals surface area contributed by atoms with Crippen LogP contribution < -0.4 is 0 Å². The van der Waals surface area contributed by atoms with E-state index < -0.39 is 28.0 Å². The number of carboxylic acid groups (broad SMARTS) is 1. The van der Waals surface area contributed by atoms with Crippen LogP contribution in [0.3, 0.4) is 0 Å². The maximum atomic E-state index is 15.1. The van der Waals surface area contributed by atoms with Crippen LogP contribution in [0.5, 0.6) is 0 Å². The molecule has 1 atom stereocenters. The van der Waals surface area contributed by atoms with Crippen molar-refractivity contribution in [2.45, 2.75) is 24.5 Å². The largest absolute Gasteiger partial charge is 0.465 e. The number of hydrogen-bond acceptors (Lipinski definition) is 5. The molecule has 0 saturated heterocycles. The van der Waals surface area contributed by atoms with Gasteiger partial charge in [0.25, 0.3) is 10.0 Å². The number of hydrogen-bond donors (Lipinski definition) is 2. The number of benzene rings is 1. The molecule has 0 bridgehead atoms. The van der Waals surface area contributed by atoms with E-state index in [4.69, 9.17) is 5.11 Å². The molecule has 3 aromatic rings.